The van der Waals surface area contributed by atoms with Crippen LogP contribution in [0.5, 0.6) is 0 Å². The first-order valence-electron chi connectivity index (χ1n) is 13.7. The lowest BCUT2D eigenvalue weighted by atomic mass is 9.82. The van der Waals surface area contributed by atoms with Crippen molar-refractivity contribution in [1.82, 2.24) is 15.2 Å². The monoisotopic (exact) mass is 536 g/mol. The van der Waals surface area contributed by atoms with E-state index in [1.165, 1.54) is 0 Å². The third kappa shape index (κ3) is 5.78. The van der Waals surface area contributed by atoms with Crippen molar-refractivity contribution in [2.45, 2.75) is 63.1 Å². The van der Waals surface area contributed by atoms with Gasteiger partial charge in [-0.2, -0.15) is 5.26 Å². The maximum atomic E-state index is 13.0. The molecule has 2 aromatic rings. The number of ether oxygens (including phenoxy) is 1. The maximum Gasteiger partial charge on any atom is 0.253 e. The van der Waals surface area contributed by atoms with E-state index < -0.39 is 9.84 Å². The molecular formula is C29H36N4O4S. The van der Waals surface area contributed by atoms with Crippen molar-refractivity contribution in [3.05, 3.63) is 58.9 Å². The molecule has 1 aliphatic carbocycles. The number of fused-ring (bicyclic) bond motifs is 1. The normalized spacial score (nSPS) is 25.6. The van der Waals surface area contributed by atoms with Crippen molar-refractivity contribution in [2.75, 3.05) is 25.5 Å². The molecule has 2 atom stereocenters. The van der Waals surface area contributed by atoms with Crippen LogP contribution >= 0.6 is 0 Å². The lowest BCUT2D eigenvalue weighted by Gasteiger charge is -2.34. The van der Waals surface area contributed by atoms with E-state index in [-0.39, 0.29) is 23.6 Å². The Kier molecular flexibility index (Phi) is 8.12. The number of carbonyl (C=O) groups is 1. The molecule has 0 radical (unpaired) electrons. The van der Waals surface area contributed by atoms with Gasteiger partial charge in [0, 0.05) is 44.3 Å². The summed E-state index contributed by atoms with van der Waals surface area (Å²) in [5.74, 6) is 1.05. The number of hydrogen-bond donors (Lipinski definition) is 1. The van der Waals surface area contributed by atoms with Gasteiger partial charge in [0.25, 0.3) is 5.91 Å². The second kappa shape index (κ2) is 11.5. The standard InChI is InChI=1S/C29H36N4O4S/c1-2-38(35,36)26-9-7-21(8-10-26)15-32-29(34)24-13-25-18-33(17-22-5-3-20(14-30)4-6-22)28(27(25)31-16-24)23-11-12-37-19-23/h7-10,13,16,20,22-23,28H,2-6,11-12,15,17-19H2,1H3,(H,32,34)/t20?,22?,23-,28+/m1/s1. The molecule has 1 aromatic carbocycles. The van der Waals surface area contributed by atoms with Crippen molar-refractivity contribution in [2.24, 2.45) is 17.8 Å². The summed E-state index contributed by atoms with van der Waals surface area (Å²) < 4.78 is 29.8. The Morgan fingerprint density at radius 2 is 1.95 bits per heavy atom. The fraction of sp³-hybridized carbons (Fsp3) is 0.552. The van der Waals surface area contributed by atoms with Crippen molar-refractivity contribution in [3.63, 3.8) is 0 Å². The minimum atomic E-state index is -3.24. The number of nitrogens with zero attached hydrogens (tertiary/aromatic N) is 3. The van der Waals surface area contributed by atoms with E-state index in [1.807, 2.05) is 6.07 Å². The molecule has 9 heteroatoms. The highest BCUT2D eigenvalue weighted by Crippen LogP contribution is 2.42. The van der Waals surface area contributed by atoms with Crippen LogP contribution in [0, 0.1) is 29.1 Å². The zero-order chi connectivity index (χ0) is 26.7. The summed E-state index contributed by atoms with van der Waals surface area (Å²) >= 11 is 0. The topological polar surface area (TPSA) is 112 Å². The van der Waals surface area contributed by atoms with Crippen LogP contribution in [-0.4, -0.2) is 49.7 Å². The Labute approximate surface area is 225 Å². The van der Waals surface area contributed by atoms with Gasteiger partial charge in [0.05, 0.1) is 40.6 Å². The van der Waals surface area contributed by atoms with E-state index in [2.05, 4.69) is 16.3 Å². The first kappa shape index (κ1) is 26.8. The number of benzene rings is 1. The molecule has 38 heavy (non-hydrogen) atoms. The number of aromatic nitrogens is 1. The summed E-state index contributed by atoms with van der Waals surface area (Å²) in [4.78, 5) is 20.6. The number of rotatable bonds is 8. The van der Waals surface area contributed by atoms with Gasteiger partial charge in [-0.1, -0.05) is 19.1 Å². The molecule has 5 rings (SSSR count). The van der Waals surface area contributed by atoms with Gasteiger partial charge in [0.2, 0.25) is 0 Å². The van der Waals surface area contributed by atoms with E-state index in [4.69, 9.17) is 9.72 Å². The minimum absolute atomic E-state index is 0.0583. The summed E-state index contributed by atoms with van der Waals surface area (Å²) in [7, 11) is -3.24. The predicted molar refractivity (Wildman–Crippen MR) is 143 cm³/mol. The Bertz CT molecular complexity index is 1290. The molecule has 202 valence electrons. The number of hydrogen-bond acceptors (Lipinski definition) is 7. The average Bonchev–Trinajstić information content (AvgIpc) is 3.59. The van der Waals surface area contributed by atoms with E-state index in [0.717, 1.165) is 75.2 Å². The molecule has 1 amide bonds. The number of nitriles is 1. The van der Waals surface area contributed by atoms with E-state index in [0.29, 0.717) is 28.8 Å². The SMILES string of the molecule is CCS(=O)(=O)c1ccc(CNC(=O)c2cnc3c(c2)CN(CC2CCC(C#N)CC2)[C@H]3[C@@H]2CCOC2)cc1. The van der Waals surface area contributed by atoms with Crippen molar-refractivity contribution in [1.29, 1.82) is 5.26 Å². The van der Waals surface area contributed by atoms with Gasteiger partial charge in [0.1, 0.15) is 0 Å². The van der Waals surface area contributed by atoms with Crippen LogP contribution in [0.4, 0.5) is 0 Å². The number of nitrogens with one attached hydrogen (secondary N) is 1. The molecule has 1 aromatic heterocycles. The Morgan fingerprint density at radius 3 is 2.61 bits per heavy atom. The maximum absolute atomic E-state index is 13.0. The van der Waals surface area contributed by atoms with E-state index in [1.54, 1.807) is 37.4 Å². The molecule has 2 aliphatic heterocycles. The molecule has 0 unspecified atom stereocenters. The predicted octanol–water partition coefficient (Wildman–Crippen LogP) is 4.03. The molecule has 3 heterocycles. The van der Waals surface area contributed by atoms with Gasteiger partial charge in [-0.05, 0) is 67.3 Å². The van der Waals surface area contributed by atoms with Crippen LogP contribution in [-0.2, 0) is 27.7 Å². The number of carbonyl (C=O) groups excluding carboxylic acids is 1. The molecule has 0 spiro atoms. The smallest absolute Gasteiger partial charge is 0.253 e. The van der Waals surface area contributed by atoms with Gasteiger partial charge < -0.3 is 10.1 Å². The van der Waals surface area contributed by atoms with Gasteiger partial charge >= 0.3 is 0 Å². The first-order chi connectivity index (χ1) is 18.4. The highest BCUT2D eigenvalue weighted by molar-refractivity contribution is 7.91. The zero-order valence-corrected chi connectivity index (χ0v) is 22.8. The number of sulfone groups is 1. The average molecular weight is 537 g/mol. The third-order valence-electron chi connectivity index (χ3n) is 8.36. The number of amides is 1. The molecular weight excluding hydrogens is 500 g/mol. The largest absolute Gasteiger partial charge is 0.381 e. The third-order valence-corrected chi connectivity index (χ3v) is 10.1. The Hall–Kier alpha value is -2.80. The fourth-order valence-corrected chi connectivity index (χ4v) is 6.98. The molecule has 1 saturated heterocycles. The van der Waals surface area contributed by atoms with Crippen LogP contribution in [0.2, 0.25) is 0 Å². The number of pyridine rings is 1. The lowest BCUT2D eigenvalue weighted by molar-refractivity contribution is 0.0950. The molecule has 1 saturated carbocycles. The van der Waals surface area contributed by atoms with Gasteiger partial charge in [-0.3, -0.25) is 14.7 Å². The van der Waals surface area contributed by atoms with Gasteiger partial charge in [-0.25, -0.2) is 8.42 Å². The van der Waals surface area contributed by atoms with E-state index >= 15 is 0 Å². The minimum Gasteiger partial charge on any atom is -0.381 e. The van der Waals surface area contributed by atoms with Crippen LogP contribution < -0.4 is 5.32 Å². The second-order valence-corrected chi connectivity index (χ2v) is 13.1. The fourth-order valence-electron chi connectivity index (χ4n) is 6.10. The van der Waals surface area contributed by atoms with Gasteiger partial charge in [0.15, 0.2) is 9.84 Å². The summed E-state index contributed by atoms with van der Waals surface area (Å²) in [6.07, 6.45) is 6.84. The lowest BCUT2D eigenvalue weighted by Crippen LogP contribution is -2.34. The Balaban J connectivity index is 1.26. The molecule has 3 aliphatic rings. The van der Waals surface area contributed by atoms with Crippen LogP contribution in [0.1, 0.15) is 72.2 Å². The zero-order valence-electron chi connectivity index (χ0n) is 21.9. The highest BCUT2D eigenvalue weighted by atomic mass is 32.2. The van der Waals surface area contributed by atoms with Crippen molar-refractivity contribution < 1.29 is 17.9 Å². The molecule has 2 fully saturated rings. The van der Waals surface area contributed by atoms with Crippen LogP contribution in [0.3, 0.4) is 0 Å². The molecule has 0 bridgehead atoms. The summed E-state index contributed by atoms with van der Waals surface area (Å²) in [5, 5.41) is 12.2. The quantitative estimate of drug-likeness (QED) is 0.542. The van der Waals surface area contributed by atoms with Crippen molar-refractivity contribution in [3.8, 4) is 6.07 Å². The highest BCUT2D eigenvalue weighted by Gasteiger charge is 2.40. The Morgan fingerprint density at radius 1 is 1.18 bits per heavy atom. The van der Waals surface area contributed by atoms with Gasteiger partial charge in [-0.15, -0.1) is 0 Å². The summed E-state index contributed by atoms with van der Waals surface area (Å²) in [5.41, 5.74) is 3.54. The second-order valence-electron chi connectivity index (χ2n) is 10.8. The van der Waals surface area contributed by atoms with Crippen molar-refractivity contribution >= 4 is 15.7 Å². The van der Waals surface area contributed by atoms with Crippen LogP contribution in [0.25, 0.3) is 0 Å². The first-order valence-corrected chi connectivity index (χ1v) is 15.3. The summed E-state index contributed by atoms with van der Waals surface area (Å²) in [6.45, 7) is 5.21. The molecule has 1 N–H and O–H groups in total. The summed E-state index contributed by atoms with van der Waals surface area (Å²) in [6, 6.07) is 11.3. The van der Waals surface area contributed by atoms with Crippen LogP contribution in [0.15, 0.2) is 41.4 Å². The molecule has 8 nitrogen and oxygen atoms in total. The van der Waals surface area contributed by atoms with E-state index in [9.17, 15) is 18.5 Å².